The summed E-state index contributed by atoms with van der Waals surface area (Å²) in [5.74, 6) is 0.202. The molecule has 0 unspecified atom stereocenters. The van der Waals surface area contributed by atoms with E-state index in [1.165, 1.54) is 0 Å². The van der Waals surface area contributed by atoms with Gasteiger partial charge < -0.3 is 4.90 Å². The van der Waals surface area contributed by atoms with Crippen molar-refractivity contribution in [1.82, 2.24) is 19.5 Å². The molecule has 124 valence electrons. The molecule has 1 atom stereocenters. The Morgan fingerprint density at radius 2 is 2.29 bits per heavy atom. The van der Waals surface area contributed by atoms with E-state index >= 15 is 0 Å². The van der Waals surface area contributed by atoms with Gasteiger partial charge in [-0.1, -0.05) is 6.07 Å². The maximum absolute atomic E-state index is 12.8. The summed E-state index contributed by atoms with van der Waals surface area (Å²) in [5, 5.41) is 6.40. The van der Waals surface area contributed by atoms with E-state index in [0.717, 1.165) is 47.7 Å². The number of piperidine rings is 1. The first-order chi connectivity index (χ1) is 11.7. The van der Waals surface area contributed by atoms with Gasteiger partial charge in [0.15, 0.2) is 5.65 Å². The number of thiophene rings is 1. The summed E-state index contributed by atoms with van der Waals surface area (Å²) < 4.78 is 1.79. The number of carbonyl (C=O) groups is 1. The molecule has 0 aromatic carbocycles. The van der Waals surface area contributed by atoms with Crippen molar-refractivity contribution in [1.29, 1.82) is 0 Å². The molecule has 3 aromatic rings. The van der Waals surface area contributed by atoms with Crippen LogP contribution in [0.4, 0.5) is 0 Å². The van der Waals surface area contributed by atoms with Crippen LogP contribution in [0.25, 0.3) is 5.65 Å². The fourth-order valence-electron chi connectivity index (χ4n) is 3.40. The first kappa shape index (κ1) is 15.3. The zero-order chi connectivity index (χ0) is 16.5. The summed E-state index contributed by atoms with van der Waals surface area (Å²) in [4.78, 5) is 20.7. The van der Waals surface area contributed by atoms with E-state index in [1.54, 1.807) is 15.9 Å². The van der Waals surface area contributed by atoms with E-state index in [2.05, 4.69) is 5.10 Å². The minimum Gasteiger partial charge on any atom is -0.334 e. The number of rotatable bonds is 3. The highest BCUT2D eigenvalue weighted by Crippen LogP contribution is 2.31. The van der Waals surface area contributed by atoms with Crippen molar-refractivity contribution in [2.75, 3.05) is 6.54 Å². The number of carbonyl (C=O) groups excluding carboxylic acids is 1. The summed E-state index contributed by atoms with van der Waals surface area (Å²) in [6.45, 7) is 2.78. The number of aryl methyl sites for hydroxylation is 1. The molecule has 4 rings (SSSR count). The van der Waals surface area contributed by atoms with E-state index in [9.17, 15) is 4.79 Å². The second-order valence-electron chi connectivity index (χ2n) is 6.30. The summed E-state index contributed by atoms with van der Waals surface area (Å²) in [5.41, 5.74) is 2.77. The molecule has 0 spiro atoms. The van der Waals surface area contributed by atoms with Crippen LogP contribution in [-0.2, 0) is 11.2 Å². The number of hydrogen-bond acceptors (Lipinski definition) is 4. The first-order valence-corrected chi connectivity index (χ1v) is 9.23. The summed E-state index contributed by atoms with van der Waals surface area (Å²) in [7, 11) is 0. The smallest absolute Gasteiger partial charge is 0.228 e. The molecular formula is C18H20N4OS. The molecule has 0 N–H and O–H groups in total. The normalized spacial score (nSPS) is 18.2. The minimum atomic E-state index is 0.0754. The van der Waals surface area contributed by atoms with Gasteiger partial charge in [0.25, 0.3) is 0 Å². The molecule has 0 bridgehead atoms. The molecule has 24 heavy (non-hydrogen) atoms. The number of hydrogen-bond donors (Lipinski definition) is 0. The monoisotopic (exact) mass is 340 g/mol. The molecule has 1 saturated heterocycles. The molecule has 1 amide bonds. The van der Waals surface area contributed by atoms with Gasteiger partial charge in [0.1, 0.15) is 0 Å². The number of fused-ring (bicyclic) bond motifs is 1. The molecule has 1 fully saturated rings. The van der Waals surface area contributed by atoms with E-state index in [-0.39, 0.29) is 11.9 Å². The number of amides is 1. The second kappa shape index (κ2) is 6.36. The van der Waals surface area contributed by atoms with E-state index < -0.39 is 0 Å². The predicted octanol–water partition coefficient (Wildman–Crippen LogP) is 3.40. The summed E-state index contributed by atoms with van der Waals surface area (Å²) in [6, 6.07) is 8.08. The zero-order valence-corrected chi connectivity index (χ0v) is 14.5. The molecule has 3 aromatic heterocycles. The van der Waals surface area contributed by atoms with E-state index in [0.29, 0.717) is 6.42 Å². The molecule has 0 saturated carbocycles. The number of nitrogens with zero attached hydrogens (tertiary/aromatic N) is 4. The Bertz CT molecular complexity index is 855. The minimum absolute atomic E-state index is 0.0754. The molecule has 1 aliphatic rings. The van der Waals surface area contributed by atoms with Crippen LogP contribution in [0.1, 0.15) is 41.6 Å². The highest BCUT2D eigenvalue weighted by atomic mass is 32.1. The molecule has 5 nitrogen and oxygen atoms in total. The Kier molecular flexibility index (Phi) is 4.06. The lowest BCUT2D eigenvalue weighted by atomic mass is 9.98. The van der Waals surface area contributed by atoms with Gasteiger partial charge in [-0.15, -0.1) is 11.3 Å². The van der Waals surface area contributed by atoms with Gasteiger partial charge in [0, 0.05) is 23.7 Å². The third kappa shape index (κ3) is 2.94. The molecule has 6 heteroatoms. The Labute approximate surface area is 144 Å². The highest BCUT2D eigenvalue weighted by molar-refractivity contribution is 7.10. The van der Waals surface area contributed by atoms with Gasteiger partial charge in [-0.2, -0.15) is 5.10 Å². The van der Waals surface area contributed by atoms with Gasteiger partial charge in [-0.05, 0) is 43.7 Å². The van der Waals surface area contributed by atoms with Crippen LogP contribution >= 0.6 is 11.3 Å². The van der Waals surface area contributed by atoms with Gasteiger partial charge in [0.05, 0.1) is 23.9 Å². The maximum atomic E-state index is 12.8. The Morgan fingerprint density at radius 1 is 1.38 bits per heavy atom. The molecule has 4 heterocycles. The zero-order valence-electron chi connectivity index (χ0n) is 13.7. The van der Waals surface area contributed by atoms with Gasteiger partial charge in [-0.25, -0.2) is 9.50 Å². The Hall–Kier alpha value is -2.21. The molecule has 0 aliphatic carbocycles. The standard InChI is InChI=1S/C18H20N4OS/c1-13-11-17-19-15(7-9-22(17)20-13)16-6-2-3-8-21(16)18(23)12-14-5-4-10-24-14/h4-5,7,9-11,16H,2-3,6,8,12H2,1H3/t16-/m0/s1. The van der Waals surface area contributed by atoms with Crippen LogP contribution in [0, 0.1) is 6.92 Å². The fraction of sp³-hybridized carbons (Fsp3) is 0.389. The van der Waals surface area contributed by atoms with Crippen molar-refractivity contribution in [2.45, 2.75) is 38.6 Å². The lowest BCUT2D eigenvalue weighted by Crippen LogP contribution is -2.39. The second-order valence-corrected chi connectivity index (χ2v) is 7.33. The fourth-order valence-corrected chi connectivity index (χ4v) is 4.10. The van der Waals surface area contributed by atoms with Crippen molar-refractivity contribution in [3.63, 3.8) is 0 Å². The van der Waals surface area contributed by atoms with Crippen LogP contribution in [-0.4, -0.2) is 31.9 Å². The van der Waals surface area contributed by atoms with E-state index in [4.69, 9.17) is 4.98 Å². The lowest BCUT2D eigenvalue weighted by molar-refractivity contribution is -0.134. The van der Waals surface area contributed by atoms with Gasteiger partial charge in [-0.3, -0.25) is 4.79 Å². The van der Waals surface area contributed by atoms with Crippen molar-refractivity contribution in [3.8, 4) is 0 Å². The van der Waals surface area contributed by atoms with E-state index in [1.807, 2.05) is 47.7 Å². The SMILES string of the molecule is Cc1cc2nc([C@@H]3CCCCN3C(=O)Cc3cccs3)ccn2n1. The predicted molar refractivity (Wildman–Crippen MR) is 94.1 cm³/mol. The lowest BCUT2D eigenvalue weighted by Gasteiger charge is -2.35. The van der Waals surface area contributed by atoms with Crippen LogP contribution < -0.4 is 0 Å². The van der Waals surface area contributed by atoms with Crippen LogP contribution in [0.3, 0.4) is 0 Å². The number of aromatic nitrogens is 3. The average Bonchev–Trinajstić information content (AvgIpc) is 3.22. The van der Waals surface area contributed by atoms with Crippen LogP contribution in [0.15, 0.2) is 35.8 Å². The third-order valence-electron chi connectivity index (χ3n) is 4.54. The third-order valence-corrected chi connectivity index (χ3v) is 5.41. The maximum Gasteiger partial charge on any atom is 0.228 e. The van der Waals surface area contributed by atoms with Crippen molar-refractivity contribution >= 4 is 22.9 Å². The largest absolute Gasteiger partial charge is 0.334 e. The average molecular weight is 340 g/mol. The quantitative estimate of drug-likeness (QED) is 0.734. The number of likely N-dealkylation sites (tertiary alicyclic amines) is 1. The van der Waals surface area contributed by atoms with Crippen molar-refractivity contribution in [3.05, 3.63) is 52.1 Å². The Balaban J connectivity index is 1.61. The van der Waals surface area contributed by atoms with Crippen molar-refractivity contribution < 1.29 is 4.79 Å². The van der Waals surface area contributed by atoms with Crippen LogP contribution in [0.2, 0.25) is 0 Å². The topological polar surface area (TPSA) is 50.5 Å². The first-order valence-electron chi connectivity index (χ1n) is 8.35. The van der Waals surface area contributed by atoms with Gasteiger partial charge >= 0.3 is 0 Å². The highest BCUT2D eigenvalue weighted by Gasteiger charge is 2.29. The summed E-state index contributed by atoms with van der Waals surface area (Å²) >= 11 is 1.64. The van der Waals surface area contributed by atoms with Crippen LogP contribution in [0.5, 0.6) is 0 Å². The van der Waals surface area contributed by atoms with Crippen molar-refractivity contribution in [2.24, 2.45) is 0 Å². The Morgan fingerprint density at radius 3 is 3.12 bits per heavy atom. The molecular weight excluding hydrogens is 320 g/mol. The summed E-state index contributed by atoms with van der Waals surface area (Å²) in [6.07, 6.45) is 5.62. The van der Waals surface area contributed by atoms with Gasteiger partial charge in [0.2, 0.25) is 5.91 Å². The molecule has 0 radical (unpaired) electrons. The molecule has 1 aliphatic heterocycles.